The highest BCUT2D eigenvalue weighted by molar-refractivity contribution is 5.74. The van der Waals surface area contributed by atoms with Crippen LogP contribution in [0.4, 0.5) is 4.79 Å². The zero-order valence-electron chi connectivity index (χ0n) is 12.8. The van der Waals surface area contributed by atoms with Crippen LogP contribution >= 0.6 is 0 Å². The molecule has 0 aliphatic carbocycles. The van der Waals surface area contributed by atoms with Gasteiger partial charge in [0, 0.05) is 44.7 Å². The van der Waals surface area contributed by atoms with Gasteiger partial charge in [0.15, 0.2) is 0 Å². The van der Waals surface area contributed by atoms with Crippen LogP contribution in [-0.2, 0) is 0 Å². The van der Waals surface area contributed by atoms with Gasteiger partial charge in [-0.15, -0.1) is 0 Å². The topological polar surface area (TPSA) is 55.8 Å². The number of carbonyl (C=O) groups excluding carboxylic acids is 1. The molecule has 2 unspecified atom stereocenters. The van der Waals surface area contributed by atoms with Gasteiger partial charge in [-0.25, -0.2) is 4.79 Å². The van der Waals surface area contributed by atoms with E-state index in [1.807, 2.05) is 4.90 Å². The van der Waals surface area contributed by atoms with Crippen LogP contribution in [0.2, 0.25) is 0 Å². The monoisotopic (exact) mass is 283 g/mol. The molecule has 116 valence electrons. The van der Waals surface area contributed by atoms with E-state index in [4.69, 9.17) is 5.11 Å². The summed E-state index contributed by atoms with van der Waals surface area (Å²) < 4.78 is 0. The molecule has 2 saturated heterocycles. The molecule has 2 atom stereocenters. The van der Waals surface area contributed by atoms with Gasteiger partial charge < -0.3 is 20.2 Å². The van der Waals surface area contributed by atoms with Gasteiger partial charge in [0.2, 0.25) is 0 Å². The van der Waals surface area contributed by atoms with Crippen molar-refractivity contribution in [3.63, 3.8) is 0 Å². The third kappa shape index (κ3) is 4.09. The molecule has 0 saturated carbocycles. The minimum Gasteiger partial charge on any atom is -0.396 e. The smallest absolute Gasteiger partial charge is 0.317 e. The van der Waals surface area contributed by atoms with Gasteiger partial charge in [-0.3, -0.25) is 0 Å². The van der Waals surface area contributed by atoms with Crippen molar-refractivity contribution in [3.8, 4) is 0 Å². The summed E-state index contributed by atoms with van der Waals surface area (Å²) in [7, 11) is 0. The molecule has 2 aliphatic heterocycles. The van der Waals surface area contributed by atoms with Crippen molar-refractivity contribution >= 4 is 6.03 Å². The van der Waals surface area contributed by atoms with Gasteiger partial charge in [-0.1, -0.05) is 0 Å². The summed E-state index contributed by atoms with van der Waals surface area (Å²) in [5.41, 5.74) is 0. The molecule has 20 heavy (non-hydrogen) atoms. The molecule has 0 bridgehead atoms. The molecular weight excluding hydrogens is 254 g/mol. The summed E-state index contributed by atoms with van der Waals surface area (Å²) in [5, 5.41) is 12.2. The Morgan fingerprint density at radius 1 is 1.25 bits per heavy atom. The molecular formula is C15H29N3O2. The van der Waals surface area contributed by atoms with Gasteiger partial charge in [0.05, 0.1) is 0 Å². The van der Waals surface area contributed by atoms with Crippen molar-refractivity contribution in [2.45, 2.75) is 39.2 Å². The predicted octanol–water partition coefficient (Wildman–Crippen LogP) is 1.13. The normalized spacial score (nSPS) is 28.1. The quantitative estimate of drug-likeness (QED) is 0.813. The third-order valence-corrected chi connectivity index (χ3v) is 4.65. The third-order valence-electron chi connectivity index (χ3n) is 4.65. The van der Waals surface area contributed by atoms with Crippen LogP contribution in [-0.4, -0.2) is 66.3 Å². The second-order valence-electron chi connectivity index (χ2n) is 6.57. The number of carbonyl (C=O) groups is 1. The van der Waals surface area contributed by atoms with Gasteiger partial charge in [0.1, 0.15) is 0 Å². The largest absolute Gasteiger partial charge is 0.396 e. The zero-order chi connectivity index (χ0) is 14.5. The van der Waals surface area contributed by atoms with E-state index in [1.54, 1.807) is 0 Å². The van der Waals surface area contributed by atoms with Crippen molar-refractivity contribution < 1.29 is 9.90 Å². The summed E-state index contributed by atoms with van der Waals surface area (Å²) in [6.45, 7) is 9.20. The first kappa shape index (κ1) is 15.6. The summed E-state index contributed by atoms with van der Waals surface area (Å²) in [4.78, 5) is 16.4. The molecule has 2 amide bonds. The second kappa shape index (κ2) is 7.27. The highest BCUT2D eigenvalue weighted by atomic mass is 16.3. The number of aliphatic hydroxyl groups is 1. The first-order valence-electron chi connectivity index (χ1n) is 7.97. The number of nitrogens with zero attached hydrogens (tertiary/aromatic N) is 2. The molecule has 2 N–H and O–H groups in total. The van der Waals surface area contributed by atoms with E-state index in [9.17, 15) is 4.79 Å². The molecule has 2 rings (SSSR count). The number of hydrogen-bond donors (Lipinski definition) is 2. The summed E-state index contributed by atoms with van der Waals surface area (Å²) in [6, 6.07) is 0.639. The Morgan fingerprint density at radius 3 is 2.70 bits per heavy atom. The Hall–Kier alpha value is -0.810. The van der Waals surface area contributed by atoms with Crippen molar-refractivity contribution in [2.75, 3.05) is 39.3 Å². The van der Waals surface area contributed by atoms with E-state index in [1.165, 1.54) is 19.4 Å². The Kier molecular flexibility index (Phi) is 5.66. The molecule has 0 aromatic heterocycles. The molecule has 2 aliphatic rings. The maximum atomic E-state index is 12.1. The fourth-order valence-electron chi connectivity index (χ4n) is 3.24. The number of piperidine rings is 1. The average Bonchev–Trinajstić information content (AvgIpc) is 2.94. The summed E-state index contributed by atoms with van der Waals surface area (Å²) in [5.74, 6) is 0.846. The minimum absolute atomic E-state index is 0.0441. The lowest BCUT2D eigenvalue weighted by Crippen LogP contribution is -2.46. The van der Waals surface area contributed by atoms with E-state index < -0.39 is 0 Å². The number of urea groups is 1. The molecule has 2 fully saturated rings. The summed E-state index contributed by atoms with van der Waals surface area (Å²) in [6.07, 6.45) is 3.37. The molecule has 0 radical (unpaired) electrons. The fourth-order valence-corrected chi connectivity index (χ4v) is 3.24. The molecule has 0 aromatic rings. The number of amides is 2. The lowest BCUT2D eigenvalue weighted by molar-refractivity contribution is 0.137. The van der Waals surface area contributed by atoms with Gasteiger partial charge in [-0.2, -0.15) is 0 Å². The van der Waals surface area contributed by atoms with Gasteiger partial charge >= 0.3 is 6.03 Å². The Morgan fingerprint density at radius 2 is 2.05 bits per heavy atom. The van der Waals surface area contributed by atoms with E-state index in [0.29, 0.717) is 18.5 Å². The molecule has 5 nitrogen and oxygen atoms in total. The van der Waals surface area contributed by atoms with E-state index in [0.717, 1.165) is 26.1 Å². The van der Waals surface area contributed by atoms with Gasteiger partial charge in [-0.05, 0) is 45.6 Å². The van der Waals surface area contributed by atoms with Crippen molar-refractivity contribution in [2.24, 2.45) is 11.8 Å². The number of hydrogen-bond acceptors (Lipinski definition) is 3. The first-order chi connectivity index (χ1) is 9.60. The second-order valence-corrected chi connectivity index (χ2v) is 6.57. The first-order valence-corrected chi connectivity index (χ1v) is 7.97. The highest BCUT2D eigenvalue weighted by Crippen LogP contribution is 2.18. The van der Waals surface area contributed by atoms with Crippen LogP contribution in [0.3, 0.4) is 0 Å². The number of rotatable bonds is 4. The minimum atomic E-state index is 0.0441. The maximum Gasteiger partial charge on any atom is 0.317 e. The van der Waals surface area contributed by atoms with E-state index in [2.05, 4.69) is 24.1 Å². The van der Waals surface area contributed by atoms with Crippen LogP contribution < -0.4 is 5.32 Å². The SMILES string of the molecule is CC(C)N1CCCC(CNC(=O)N2CCC(CO)C2)C1. The number of likely N-dealkylation sites (tertiary alicyclic amines) is 2. The molecule has 5 heteroatoms. The highest BCUT2D eigenvalue weighted by Gasteiger charge is 2.27. The zero-order valence-corrected chi connectivity index (χ0v) is 12.8. The van der Waals surface area contributed by atoms with Crippen molar-refractivity contribution in [3.05, 3.63) is 0 Å². The Balaban J connectivity index is 1.70. The van der Waals surface area contributed by atoms with E-state index in [-0.39, 0.29) is 18.6 Å². The predicted molar refractivity (Wildman–Crippen MR) is 79.6 cm³/mol. The van der Waals surface area contributed by atoms with Crippen LogP contribution in [0.15, 0.2) is 0 Å². The number of nitrogens with one attached hydrogen (secondary N) is 1. The standard InChI is InChI=1S/C15H29N3O2/c1-12(2)17-6-3-4-13(9-17)8-16-15(20)18-7-5-14(10-18)11-19/h12-14,19H,3-11H2,1-2H3,(H,16,20). The average molecular weight is 283 g/mol. The molecule has 0 aromatic carbocycles. The lowest BCUT2D eigenvalue weighted by atomic mass is 9.97. The molecule has 0 spiro atoms. The van der Waals surface area contributed by atoms with Crippen molar-refractivity contribution in [1.82, 2.24) is 15.1 Å². The van der Waals surface area contributed by atoms with Crippen molar-refractivity contribution in [1.29, 1.82) is 0 Å². The Bertz CT molecular complexity index is 322. The lowest BCUT2D eigenvalue weighted by Gasteiger charge is -2.35. The Labute approximate surface area is 122 Å². The van der Waals surface area contributed by atoms with Crippen LogP contribution in [0.1, 0.15) is 33.1 Å². The van der Waals surface area contributed by atoms with Crippen LogP contribution in [0.25, 0.3) is 0 Å². The summed E-state index contributed by atoms with van der Waals surface area (Å²) >= 11 is 0. The van der Waals surface area contributed by atoms with Crippen LogP contribution in [0.5, 0.6) is 0 Å². The fraction of sp³-hybridized carbons (Fsp3) is 0.933. The van der Waals surface area contributed by atoms with Gasteiger partial charge in [0.25, 0.3) is 0 Å². The number of aliphatic hydroxyl groups excluding tert-OH is 1. The van der Waals surface area contributed by atoms with Crippen LogP contribution in [0, 0.1) is 11.8 Å². The van der Waals surface area contributed by atoms with E-state index >= 15 is 0 Å². The maximum absolute atomic E-state index is 12.1. The molecule has 2 heterocycles.